The maximum atomic E-state index is 5.44. The number of rotatable bonds is 5. The lowest BCUT2D eigenvalue weighted by Crippen LogP contribution is -2.19. The Labute approximate surface area is 112 Å². The first-order valence-electron chi connectivity index (χ1n) is 7.00. The molecule has 0 atom stereocenters. The molecular weight excluding hydrogens is 240 g/mol. The second-order valence-electron chi connectivity index (χ2n) is 5.46. The quantitative estimate of drug-likeness (QED) is 0.810. The van der Waals surface area contributed by atoms with Gasteiger partial charge in [-0.15, -0.1) is 0 Å². The minimum Gasteiger partial charge on any atom is -0.454 e. The molecular formula is C15H18N2O2. The first kappa shape index (κ1) is 11.2. The summed E-state index contributed by atoms with van der Waals surface area (Å²) in [7, 11) is 0. The Kier molecular flexibility index (Phi) is 2.62. The molecule has 0 radical (unpaired) electrons. The van der Waals surface area contributed by atoms with Gasteiger partial charge in [-0.05, 0) is 49.9 Å². The van der Waals surface area contributed by atoms with Crippen molar-refractivity contribution in [3.05, 3.63) is 23.9 Å². The van der Waals surface area contributed by atoms with E-state index in [0.29, 0.717) is 6.79 Å². The lowest BCUT2D eigenvalue weighted by Gasteiger charge is -2.03. The largest absolute Gasteiger partial charge is 0.454 e. The van der Waals surface area contributed by atoms with Crippen molar-refractivity contribution in [2.45, 2.75) is 19.3 Å². The van der Waals surface area contributed by atoms with Crippen molar-refractivity contribution in [2.24, 2.45) is 5.92 Å². The zero-order valence-electron chi connectivity index (χ0n) is 10.9. The van der Waals surface area contributed by atoms with Crippen LogP contribution < -0.4 is 14.8 Å². The van der Waals surface area contributed by atoms with Gasteiger partial charge in [-0.2, -0.15) is 0 Å². The van der Waals surface area contributed by atoms with Crippen molar-refractivity contribution in [1.82, 2.24) is 10.3 Å². The van der Waals surface area contributed by atoms with Crippen molar-refractivity contribution < 1.29 is 9.47 Å². The summed E-state index contributed by atoms with van der Waals surface area (Å²) in [5, 5.41) is 4.78. The number of nitrogens with one attached hydrogen (secondary N) is 2. The maximum absolute atomic E-state index is 5.44. The predicted molar refractivity (Wildman–Crippen MR) is 73.7 cm³/mol. The lowest BCUT2D eigenvalue weighted by molar-refractivity contribution is 0.174. The van der Waals surface area contributed by atoms with Crippen LogP contribution in [0.1, 0.15) is 18.4 Å². The molecule has 100 valence electrons. The molecule has 1 aliphatic carbocycles. The molecule has 4 heteroatoms. The van der Waals surface area contributed by atoms with Crippen LogP contribution in [-0.2, 0) is 6.42 Å². The Bertz CT molecular complexity index is 601. The first-order chi connectivity index (χ1) is 9.40. The fourth-order valence-corrected chi connectivity index (χ4v) is 2.63. The number of aromatic nitrogens is 1. The van der Waals surface area contributed by atoms with Gasteiger partial charge in [-0.25, -0.2) is 0 Å². The average Bonchev–Trinajstić information content (AvgIpc) is 3.00. The van der Waals surface area contributed by atoms with E-state index in [1.54, 1.807) is 0 Å². The van der Waals surface area contributed by atoms with Crippen LogP contribution in [0, 0.1) is 5.92 Å². The molecule has 0 spiro atoms. The maximum Gasteiger partial charge on any atom is 0.231 e. The molecule has 2 aliphatic rings. The van der Waals surface area contributed by atoms with Crippen molar-refractivity contribution >= 4 is 10.9 Å². The zero-order valence-corrected chi connectivity index (χ0v) is 10.9. The second-order valence-corrected chi connectivity index (χ2v) is 5.46. The van der Waals surface area contributed by atoms with Gasteiger partial charge in [0.2, 0.25) is 6.79 Å². The molecule has 1 fully saturated rings. The van der Waals surface area contributed by atoms with Gasteiger partial charge in [0.15, 0.2) is 11.5 Å². The Hall–Kier alpha value is -1.68. The lowest BCUT2D eigenvalue weighted by atomic mass is 10.1. The zero-order chi connectivity index (χ0) is 12.7. The summed E-state index contributed by atoms with van der Waals surface area (Å²) in [6.45, 7) is 2.55. The molecule has 0 bridgehead atoms. The third-order valence-electron chi connectivity index (χ3n) is 3.96. The summed E-state index contributed by atoms with van der Waals surface area (Å²) in [6, 6.07) is 4.11. The molecule has 0 saturated heterocycles. The standard InChI is InChI=1S/C15H18N2O2/c1-2-10(1)7-16-4-3-11-8-17-13-6-15-14(5-12(11)13)18-9-19-15/h5-6,8,10,16-17H,1-4,7,9H2. The van der Waals surface area contributed by atoms with Crippen LogP contribution in [0.5, 0.6) is 11.5 Å². The Morgan fingerprint density at radius 3 is 2.89 bits per heavy atom. The fraction of sp³-hybridized carbons (Fsp3) is 0.467. The van der Waals surface area contributed by atoms with E-state index in [9.17, 15) is 0 Å². The molecule has 4 nitrogen and oxygen atoms in total. The minimum atomic E-state index is 0.334. The molecule has 0 amide bonds. The SMILES string of the molecule is c1[nH]c2cc3c(cc2c1CCNCC1CC1)OCO3. The van der Waals surface area contributed by atoms with Gasteiger partial charge in [-0.3, -0.25) is 0 Å². The normalized spacial score (nSPS) is 17.3. The van der Waals surface area contributed by atoms with Crippen LogP contribution >= 0.6 is 0 Å². The highest BCUT2D eigenvalue weighted by Gasteiger charge is 2.20. The molecule has 4 rings (SSSR count). The van der Waals surface area contributed by atoms with Crippen molar-refractivity contribution in [3.63, 3.8) is 0 Å². The molecule has 2 N–H and O–H groups in total. The van der Waals surface area contributed by atoms with E-state index in [1.165, 1.54) is 30.3 Å². The van der Waals surface area contributed by atoms with Crippen LogP contribution in [0.15, 0.2) is 18.3 Å². The van der Waals surface area contributed by atoms with Gasteiger partial charge < -0.3 is 19.8 Å². The number of hydrogen-bond acceptors (Lipinski definition) is 3. The highest BCUT2D eigenvalue weighted by atomic mass is 16.7. The summed E-state index contributed by atoms with van der Waals surface area (Å²) in [6.07, 6.45) is 5.96. The van der Waals surface area contributed by atoms with Crippen molar-refractivity contribution in [2.75, 3.05) is 19.9 Å². The highest BCUT2D eigenvalue weighted by Crippen LogP contribution is 2.36. The number of hydrogen-bond donors (Lipinski definition) is 2. The van der Waals surface area contributed by atoms with Crippen LogP contribution in [0.25, 0.3) is 10.9 Å². The second kappa shape index (κ2) is 4.46. The Balaban J connectivity index is 1.49. The van der Waals surface area contributed by atoms with Crippen LogP contribution in [0.4, 0.5) is 0 Å². The molecule has 1 aliphatic heterocycles. The van der Waals surface area contributed by atoms with E-state index in [4.69, 9.17) is 9.47 Å². The van der Waals surface area contributed by atoms with Crippen LogP contribution in [-0.4, -0.2) is 24.9 Å². The molecule has 1 saturated carbocycles. The highest BCUT2D eigenvalue weighted by molar-refractivity contribution is 5.86. The van der Waals surface area contributed by atoms with Gasteiger partial charge in [0.25, 0.3) is 0 Å². The fourth-order valence-electron chi connectivity index (χ4n) is 2.63. The van der Waals surface area contributed by atoms with E-state index in [-0.39, 0.29) is 0 Å². The molecule has 1 aromatic heterocycles. The number of ether oxygens (including phenoxy) is 2. The van der Waals surface area contributed by atoms with Gasteiger partial charge in [-0.1, -0.05) is 0 Å². The predicted octanol–water partition coefficient (Wildman–Crippen LogP) is 2.44. The molecule has 2 aromatic rings. The molecule has 2 heterocycles. The molecule has 0 unspecified atom stereocenters. The third kappa shape index (κ3) is 2.16. The first-order valence-corrected chi connectivity index (χ1v) is 7.00. The van der Waals surface area contributed by atoms with E-state index in [2.05, 4.69) is 22.6 Å². The summed E-state index contributed by atoms with van der Waals surface area (Å²) < 4.78 is 10.8. The number of benzene rings is 1. The monoisotopic (exact) mass is 258 g/mol. The summed E-state index contributed by atoms with van der Waals surface area (Å²) in [4.78, 5) is 3.32. The van der Waals surface area contributed by atoms with E-state index >= 15 is 0 Å². The number of H-pyrrole nitrogens is 1. The van der Waals surface area contributed by atoms with Crippen molar-refractivity contribution in [1.29, 1.82) is 0 Å². The number of aromatic amines is 1. The summed E-state index contributed by atoms with van der Waals surface area (Å²) in [5.74, 6) is 2.64. The van der Waals surface area contributed by atoms with Crippen LogP contribution in [0.2, 0.25) is 0 Å². The Morgan fingerprint density at radius 1 is 1.21 bits per heavy atom. The van der Waals surface area contributed by atoms with E-state index < -0.39 is 0 Å². The van der Waals surface area contributed by atoms with Crippen molar-refractivity contribution in [3.8, 4) is 11.5 Å². The van der Waals surface area contributed by atoms with E-state index in [1.807, 2.05) is 6.07 Å². The summed E-state index contributed by atoms with van der Waals surface area (Å²) in [5.41, 5.74) is 2.47. The topological polar surface area (TPSA) is 46.3 Å². The third-order valence-corrected chi connectivity index (χ3v) is 3.96. The van der Waals surface area contributed by atoms with Gasteiger partial charge in [0, 0.05) is 23.2 Å². The van der Waals surface area contributed by atoms with Crippen LogP contribution in [0.3, 0.4) is 0 Å². The van der Waals surface area contributed by atoms with E-state index in [0.717, 1.165) is 35.9 Å². The number of fused-ring (bicyclic) bond motifs is 2. The van der Waals surface area contributed by atoms with Gasteiger partial charge in [0.1, 0.15) is 0 Å². The summed E-state index contributed by atoms with van der Waals surface area (Å²) >= 11 is 0. The van der Waals surface area contributed by atoms with Gasteiger partial charge >= 0.3 is 0 Å². The smallest absolute Gasteiger partial charge is 0.231 e. The average molecular weight is 258 g/mol. The van der Waals surface area contributed by atoms with Gasteiger partial charge in [0.05, 0.1) is 0 Å². The Morgan fingerprint density at radius 2 is 2.05 bits per heavy atom. The molecule has 1 aromatic carbocycles. The minimum absolute atomic E-state index is 0.334. The molecule has 19 heavy (non-hydrogen) atoms.